The highest BCUT2D eigenvalue weighted by Crippen LogP contribution is 2.27. The summed E-state index contributed by atoms with van der Waals surface area (Å²) in [5.41, 5.74) is 1.45. The van der Waals surface area contributed by atoms with Gasteiger partial charge in [0.2, 0.25) is 0 Å². The Balaban J connectivity index is 1.59. The van der Waals surface area contributed by atoms with E-state index in [9.17, 15) is 0 Å². The highest BCUT2D eigenvalue weighted by molar-refractivity contribution is 7.98. The molecule has 3 rings (SSSR count). The van der Waals surface area contributed by atoms with Crippen LogP contribution >= 0.6 is 11.8 Å². The fraction of sp³-hybridized carbons (Fsp3) is 0.571. The number of hydrogen-bond donors (Lipinski definition) is 1. The smallest absolute Gasteiger partial charge is 0.0234 e. The van der Waals surface area contributed by atoms with Gasteiger partial charge < -0.3 is 5.32 Å². The number of rotatable bonds is 3. The van der Waals surface area contributed by atoms with Gasteiger partial charge in [-0.15, -0.1) is 11.8 Å². The van der Waals surface area contributed by atoms with E-state index in [1.807, 2.05) is 11.8 Å². The number of fused-ring (bicyclic) bond motifs is 1. The molecule has 0 radical (unpaired) electrons. The van der Waals surface area contributed by atoms with Crippen LogP contribution in [0.5, 0.6) is 0 Å². The summed E-state index contributed by atoms with van der Waals surface area (Å²) in [5.74, 6) is 1.81. The first-order valence-electron chi connectivity index (χ1n) is 6.41. The van der Waals surface area contributed by atoms with E-state index in [1.165, 1.54) is 36.6 Å². The Bertz CT molecular complexity index is 364. The van der Waals surface area contributed by atoms with E-state index in [-0.39, 0.29) is 0 Å². The lowest BCUT2D eigenvalue weighted by molar-refractivity contribution is 0.305. The van der Waals surface area contributed by atoms with Crippen LogP contribution in [0.4, 0.5) is 0 Å². The highest BCUT2D eigenvalue weighted by atomic mass is 32.2. The van der Waals surface area contributed by atoms with Crippen LogP contribution < -0.4 is 5.32 Å². The van der Waals surface area contributed by atoms with Crippen LogP contribution in [0.15, 0.2) is 29.2 Å². The van der Waals surface area contributed by atoms with Gasteiger partial charge in [-0.25, -0.2) is 0 Å². The molecular weight excluding hydrogens is 228 g/mol. The van der Waals surface area contributed by atoms with Crippen LogP contribution in [0.3, 0.4) is 0 Å². The van der Waals surface area contributed by atoms with E-state index in [0.29, 0.717) is 0 Å². The summed E-state index contributed by atoms with van der Waals surface area (Å²) in [7, 11) is 0. The molecule has 0 amide bonds. The van der Waals surface area contributed by atoms with Gasteiger partial charge in [0.1, 0.15) is 0 Å². The van der Waals surface area contributed by atoms with Crippen molar-refractivity contribution in [1.82, 2.24) is 10.2 Å². The van der Waals surface area contributed by atoms with Gasteiger partial charge in [-0.3, -0.25) is 4.90 Å². The number of likely N-dealkylation sites (tertiary alicyclic amines) is 1. The Kier molecular flexibility index (Phi) is 3.41. The maximum Gasteiger partial charge on any atom is 0.0234 e. The molecule has 0 spiro atoms. The highest BCUT2D eigenvalue weighted by Gasteiger charge is 2.35. The Hall–Kier alpha value is -0.510. The molecule has 2 heterocycles. The number of nitrogens with zero attached hydrogens (tertiary/aromatic N) is 1. The molecule has 92 valence electrons. The Morgan fingerprint density at radius 2 is 1.82 bits per heavy atom. The van der Waals surface area contributed by atoms with Gasteiger partial charge in [-0.1, -0.05) is 12.1 Å². The zero-order valence-electron chi connectivity index (χ0n) is 10.4. The predicted molar refractivity (Wildman–Crippen MR) is 73.3 cm³/mol. The van der Waals surface area contributed by atoms with Gasteiger partial charge in [0.15, 0.2) is 0 Å². The molecular formula is C14H20N2S. The monoisotopic (exact) mass is 248 g/mol. The summed E-state index contributed by atoms with van der Waals surface area (Å²) in [5, 5.41) is 3.49. The van der Waals surface area contributed by atoms with Crippen LogP contribution in [-0.4, -0.2) is 37.3 Å². The fourth-order valence-electron chi connectivity index (χ4n) is 3.07. The van der Waals surface area contributed by atoms with E-state index in [1.54, 1.807) is 0 Å². The van der Waals surface area contributed by atoms with Crippen LogP contribution in [-0.2, 0) is 6.54 Å². The second kappa shape index (κ2) is 5.01. The van der Waals surface area contributed by atoms with Crippen molar-refractivity contribution in [3.63, 3.8) is 0 Å². The van der Waals surface area contributed by atoms with Crippen molar-refractivity contribution in [2.75, 3.05) is 32.4 Å². The summed E-state index contributed by atoms with van der Waals surface area (Å²) in [6.07, 6.45) is 2.13. The van der Waals surface area contributed by atoms with E-state index in [2.05, 4.69) is 40.7 Å². The minimum Gasteiger partial charge on any atom is -0.316 e. The van der Waals surface area contributed by atoms with Crippen molar-refractivity contribution >= 4 is 11.8 Å². The molecule has 2 saturated heterocycles. The molecule has 1 aromatic rings. The molecule has 3 heteroatoms. The van der Waals surface area contributed by atoms with Gasteiger partial charge in [0.05, 0.1) is 0 Å². The largest absolute Gasteiger partial charge is 0.316 e. The fourth-order valence-corrected chi connectivity index (χ4v) is 3.48. The molecule has 2 unspecified atom stereocenters. The van der Waals surface area contributed by atoms with Crippen molar-refractivity contribution in [1.29, 1.82) is 0 Å². The minimum atomic E-state index is 0.903. The summed E-state index contributed by atoms with van der Waals surface area (Å²) in [6.45, 7) is 6.14. The predicted octanol–water partition coefficient (Wildman–Crippen LogP) is 2.06. The summed E-state index contributed by atoms with van der Waals surface area (Å²) in [4.78, 5) is 3.97. The molecule has 2 aliphatic rings. The van der Waals surface area contributed by atoms with Crippen molar-refractivity contribution in [2.45, 2.75) is 11.4 Å². The molecule has 1 aromatic carbocycles. The van der Waals surface area contributed by atoms with Gasteiger partial charge >= 0.3 is 0 Å². The topological polar surface area (TPSA) is 15.3 Å². The molecule has 0 bridgehead atoms. The Morgan fingerprint density at radius 3 is 2.41 bits per heavy atom. The number of benzene rings is 1. The summed E-state index contributed by atoms with van der Waals surface area (Å²) in [6, 6.07) is 9.02. The molecule has 0 aromatic heterocycles. The van der Waals surface area contributed by atoms with Gasteiger partial charge in [0.25, 0.3) is 0 Å². The zero-order valence-corrected chi connectivity index (χ0v) is 11.2. The van der Waals surface area contributed by atoms with E-state index in [0.717, 1.165) is 18.4 Å². The van der Waals surface area contributed by atoms with Crippen LogP contribution in [0.2, 0.25) is 0 Å². The van der Waals surface area contributed by atoms with Crippen LogP contribution in [0.25, 0.3) is 0 Å². The van der Waals surface area contributed by atoms with Crippen molar-refractivity contribution in [2.24, 2.45) is 11.8 Å². The Morgan fingerprint density at radius 1 is 1.18 bits per heavy atom. The van der Waals surface area contributed by atoms with Crippen molar-refractivity contribution in [3.8, 4) is 0 Å². The quantitative estimate of drug-likeness (QED) is 0.824. The van der Waals surface area contributed by atoms with Gasteiger partial charge in [0, 0.05) is 24.5 Å². The summed E-state index contributed by atoms with van der Waals surface area (Å²) < 4.78 is 0. The first kappa shape index (κ1) is 11.6. The zero-order chi connectivity index (χ0) is 11.7. The number of nitrogens with one attached hydrogen (secondary N) is 1. The maximum atomic E-state index is 3.49. The average Bonchev–Trinajstić information content (AvgIpc) is 2.90. The van der Waals surface area contributed by atoms with Gasteiger partial charge in [-0.05, 0) is 48.9 Å². The van der Waals surface area contributed by atoms with E-state index in [4.69, 9.17) is 0 Å². The third-order valence-electron chi connectivity index (χ3n) is 4.03. The molecule has 2 nitrogen and oxygen atoms in total. The SMILES string of the molecule is CSc1ccc(CN2CC3CNCC3C2)cc1. The molecule has 1 N–H and O–H groups in total. The molecule has 2 fully saturated rings. The van der Waals surface area contributed by atoms with Crippen LogP contribution in [0.1, 0.15) is 5.56 Å². The summed E-state index contributed by atoms with van der Waals surface area (Å²) >= 11 is 1.81. The lowest BCUT2D eigenvalue weighted by atomic mass is 10.0. The standard InChI is InChI=1S/C14H20N2S/c1-17-14-4-2-11(3-5-14)8-16-9-12-6-15-7-13(12)10-16/h2-5,12-13,15H,6-10H2,1H3. The molecule has 0 aliphatic carbocycles. The lowest BCUT2D eigenvalue weighted by Crippen LogP contribution is -2.25. The molecule has 0 saturated carbocycles. The van der Waals surface area contributed by atoms with E-state index < -0.39 is 0 Å². The number of thioether (sulfide) groups is 1. The number of hydrogen-bond acceptors (Lipinski definition) is 3. The van der Waals surface area contributed by atoms with Crippen LogP contribution in [0, 0.1) is 11.8 Å². The minimum absolute atomic E-state index is 0.903. The first-order chi connectivity index (χ1) is 8.35. The van der Waals surface area contributed by atoms with E-state index >= 15 is 0 Å². The lowest BCUT2D eigenvalue weighted by Gasteiger charge is -2.17. The second-order valence-electron chi connectivity index (χ2n) is 5.22. The molecule has 2 atom stereocenters. The molecule has 2 aliphatic heterocycles. The molecule has 17 heavy (non-hydrogen) atoms. The third kappa shape index (κ3) is 2.51. The van der Waals surface area contributed by atoms with Gasteiger partial charge in [-0.2, -0.15) is 0 Å². The van der Waals surface area contributed by atoms with Crippen molar-refractivity contribution < 1.29 is 0 Å². The first-order valence-corrected chi connectivity index (χ1v) is 7.63. The van der Waals surface area contributed by atoms with Crippen molar-refractivity contribution in [3.05, 3.63) is 29.8 Å². The third-order valence-corrected chi connectivity index (χ3v) is 4.77. The average molecular weight is 248 g/mol. The second-order valence-corrected chi connectivity index (χ2v) is 6.10. The maximum absolute atomic E-state index is 3.49. The Labute approximate surface area is 108 Å². The normalized spacial score (nSPS) is 28.5.